The van der Waals surface area contributed by atoms with Crippen molar-refractivity contribution >= 4 is 0 Å². The van der Waals surface area contributed by atoms with Gasteiger partial charge < -0.3 is 0 Å². The van der Waals surface area contributed by atoms with Crippen LogP contribution in [0.25, 0.3) is 0 Å². The molecule has 1 radical (unpaired) electrons. The second-order valence-corrected chi connectivity index (χ2v) is 2.10. The fourth-order valence-corrected chi connectivity index (χ4v) is 0.856. The normalized spacial score (nSPS) is 24.9. The first-order valence-electron chi connectivity index (χ1n) is 3.30. The van der Waals surface area contributed by atoms with Crippen LogP contribution in [0.15, 0.2) is 24.3 Å². The van der Waals surface area contributed by atoms with Gasteiger partial charge in [-0.15, -0.1) is 0 Å². The molecule has 0 nitrogen and oxygen atoms in total. The van der Waals surface area contributed by atoms with Crippen LogP contribution in [0, 0.1) is 0 Å². The van der Waals surface area contributed by atoms with E-state index >= 15 is 0 Å². The average molecular weight is 211 g/mol. The Bertz CT molecular complexity index is 77.1. The van der Waals surface area contributed by atoms with Crippen molar-refractivity contribution in [2.24, 2.45) is 0 Å². The van der Waals surface area contributed by atoms with Crippen molar-refractivity contribution in [3.63, 3.8) is 0 Å². The molecule has 0 heterocycles. The van der Waals surface area contributed by atoms with Crippen LogP contribution in [0.4, 0.5) is 0 Å². The van der Waals surface area contributed by atoms with Gasteiger partial charge in [0.25, 0.3) is 0 Å². The SMILES string of the molecule is C1=C\CC/C=C\CC/1.[Rh]. The summed E-state index contributed by atoms with van der Waals surface area (Å²) in [5, 5.41) is 0. The summed E-state index contributed by atoms with van der Waals surface area (Å²) in [6, 6.07) is 0. The fourth-order valence-electron chi connectivity index (χ4n) is 0.856. The monoisotopic (exact) mass is 211 g/mol. The molecule has 1 rings (SSSR count). The third-order valence-electron chi connectivity index (χ3n) is 1.33. The van der Waals surface area contributed by atoms with Crippen LogP contribution < -0.4 is 0 Å². The Hall–Kier alpha value is 0.103. The van der Waals surface area contributed by atoms with E-state index in [1.165, 1.54) is 25.7 Å². The molecular weight excluding hydrogens is 199 g/mol. The zero-order chi connectivity index (χ0) is 5.66. The summed E-state index contributed by atoms with van der Waals surface area (Å²) in [4.78, 5) is 0. The van der Waals surface area contributed by atoms with Crippen LogP contribution in [-0.4, -0.2) is 0 Å². The Labute approximate surface area is 69.8 Å². The van der Waals surface area contributed by atoms with Gasteiger partial charge in [-0.05, 0) is 25.7 Å². The van der Waals surface area contributed by atoms with Crippen LogP contribution in [0.1, 0.15) is 25.7 Å². The number of allylic oxidation sites excluding steroid dienone is 4. The molecule has 0 fully saturated rings. The molecular formula is C8H12Rh. The van der Waals surface area contributed by atoms with Gasteiger partial charge in [0.05, 0.1) is 0 Å². The zero-order valence-corrected chi connectivity index (χ0v) is 7.11. The van der Waals surface area contributed by atoms with Crippen molar-refractivity contribution in [3.8, 4) is 0 Å². The van der Waals surface area contributed by atoms with Crippen LogP contribution in [0.2, 0.25) is 0 Å². The largest absolute Gasteiger partial charge is 0.0882 e. The smallest absolute Gasteiger partial charge is 0 e. The molecule has 1 aliphatic carbocycles. The second-order valence-electron chi connectivity index (χ2n) is 2.10. The zero-order valence-electron chi connectivity index (χ0n) is 5.47. The predicted octanol–water partition coefficient (Wildman–Crippen LogP) is 2.67. The van der Waals surface area contributed by atoms with Gasteiger partial charge in [-0.2, -0.15) is 0 Å². The van der Waals surface area contributed by atoms with E-state index in [0.29, 0.717) is 0 Å². The van der Waals surface area contributed by atoms with Crippen LogP contribution in [0.3, 0.4) is 0 Å². The minimum atomic E-state index is 0. The molecule has 9 heavy (non-hydrogen) atoms. The van der Waals surface area contributed by atoms with Crippen molar-refractivity contribution in [3.05, 3.63) is 24.3 Å². The Morgan fingerprint density at radius 2 is 0.778 bits per heavy atom. The molecule has 0 amide bonds. The van der Waals surface area contributed by atoms with Gasteiger partial charge in [0.15, 0.2) is 0 Å². The molecule has 0 saturated carbocycles. The molecule has 1 aliphatic rings. The molecule has 0 N–H and O–H groups in total. The van der Waals surface area contributed by atoms with E-state index in [1.54, 1.807) is 0 Å². The number of rotatable bonds is 0. The predicted molar refractivity (Wildman–Crippen MR) is 36.7 cm³/mol. The molecule has 0 aliphatic heterocycles. The number of hydrogen-bond donors (Lipinski definition) is 0. The van der Waals surface area contributed by atoms with Gasteiger partial charge in [0.2, 0.25) is 0 Å². The summed E-state index contributed by atoms with van der Waals surface area (Å²) >= 11 is 0. The molecule has 0 bridgehead atoms. The summed E-state index contributed by atoms with van der Waals surface area (Å²) in [5.41, 5.74) is 0. The van der Waals surface area contributed by atoms with Gasteiger partial charge in [-0.3, -0.25) is 0 Å². The van der Waals surface area contributed by atoms with Crippen molar-refractivity contribution < 1.29 is 19.5 Å². The fraction of sp³-hybridized carbons (Fsp3) is 0.500. The second kappa shape index (κ2) is 6.23. The molecule has 1 heteroatoms. The maximum atomic E-state index is 2.27. The van der Waals surface area contributed by atoms with E-state index in [4.69, 9.17) is 0 Å². The van der Waals surface area contributed by atoms with Crippen LogP contribution in [-0.2, 0) is 19.5 Å². The van der Waals surface area contributed by atoms with E-state index in [1.807, 2.05) is 0 Å². The molecule has 53 valence electrons. The van der Waals surface area contributed by atoms with E-state index < -0.39 is 0 Å². The average Bonchev–Trinajstić information content (AvgIpc) is 1.62. The maximum absolute atomic E-state index is 2.27. The van der Waals surface area contributed by atoms with E-state index in [0.717, 1.165) is 0 Å². The number of hydrogen-bond acceptors (Lipinski definition) is 0. The van der Waals surface area contributed by atoms with Crippen LogP contribution in [0.5, 0.6) is 0 Å². The Balaban J connectivity index is 0.000000640. The molecule has 0 spiro atoms. The third kappa shape index (κ3) is 4.60. The molecule has 0 unspecified atom stereocenters. The summed E-state index contributed by atoms with van der Waals surface area (Å²) in [6.07, 6.45) is 14.0. The van der Waals surface area contributed by atoms with Crippen molar-refractivity contribution in [1.82, 2.24) is 0 Å². The summed E-state index contributed by atoms with van der Waals surface area (Å²) in [6.45, 7) is 0. The standard InChI is InChI=1S/C8H12.Rh/c1-2-4-6-8-7-5-3-1;/h1-2,7-8H,3-6H2;/b2-1-,8-7-;. The minimum Gasteiger partial charge on any atom is -0.0882 e. The third-order valence-corrected chi connectivity index (χ3v) is 1.33. The molecule has 0 saturated heterocycles. The molecule has 0 aromatic rings. The maximum Gasteiger partial charge on any atom is 0 e. The topological polar surface area (TPSA) is 0 Å². The minimum absolute atomic E-state index is 0. The van der Waals surface area contributed by atoms with Gasteiger partial charge in [0.1, 0.15) is 0 Å². The molecule has 0 atom stereocenters. The first kappa shape index (κ1) is 9.10. The quantitative estimate of drug-likeness (QED) is 0.426. The molecule has 0 aromatic carbocycles. The van der Waals surface area contributed by atoms with E-state index in [2.05, 4.69) is 24.3 Å². The summed E-state index contributed by atoms with van der Waals surface area (Å²) in [5.74, 6) is 0. The Morgan fingerprint density at radius 3 is 1.00 bits per heavy atom. The van der Waals surface area contributed by atoms with E-state index in [9.17, 15) is 0 Å². The van der Waals surface area contributed by atoms with Gasteiger partial charge in [0, 0.05) is 19.5 Å². The first-order valence-corrected chi connectivity index (χ1v) is 3.30. The Morgan fingerprint density at radius 1 is 0.556 bits per heavy atom. The first-order chi connectivity index (χ1) is 4.00. The van der Waals surface area contributed by atoms with Gasteiger partial charge in [-0.25, -0.2) is 0 Å². The summed E-state index contributed by atoms with van der Waals surface area (Å²) in [7, 11) is 0. The Kier molecular flexibility index (Phi) is 6.30. The van der Waals surface area contributed by atoms with Crippen LogP contribution >= 0.6 is 0 Å². The molecule has 0 aromatic heterocycles. The van der Waals surface area contributed by atoms with Gasteiger partial charge >= 0.3 is 0 Å². The van der Waals surface area contributed by atoms with Crippen molar-refractivity contribution in [1.29, 1.82) is 0 Å². The van der Waals surface area contributed by atoms with Crippen molar-refractivity contribution in [2.45, 2.75) is 25.7 Å². The van der Waals surface area contributed by atoms with Gasteiger partial charge in [-0.1, -0.05) is 24.3 Å². The summed E-state index contributed by atoms with van der Waals surface area (Å²) < 4.78 is 0. The van der Waals surface area contributed by atoms with E-state index in [-0.39, 0.29) is 19.5 Å². The van der Waals surface area contributed by atoms with Crippen molar-refractivity contribution in [2.75, 3.05) is 0 Å².